The van der Waals surface area contributed by atoms with Gasteiger partial charge in [-0.3, -0.25) is 4.98 Å². The van der Waals surface area contributed by atoms with E-state index in [2.05, 4.69) is 18.0 Å². The number of aromatic nitrogens is 1. The molecule has 0 radical (unpaired) electrons. The van der Waals surface area contributed by atoms with E-state index in [4.69, 9.17) is 16.9 Å². The zero-order valence-electron chi connectivity index (χ0n) is 8.47. The number of aryl methyl sites for hydroxylation is 1. The summed E-state index contributed by atoms with van der Waals surface area (Å²) in [5.41, 5.74) is 2.36. The average molecular weight is 209 g/mol. The van der Waals surface area contributed by atoms with E-state index < -0.39 is 0 Å². The highest BCUT2D eigenvalue weighted by molar-refractivity contribution is 6.31. The first-order valence-corrected chi connectivity index (χ1v) is 5.12. The molecule has 0 N–H and O–H groups in total. The van der Waals surface area contributed by atoms with E-state index in [1.165, 1.54) is 0 Å². The summed E-state index contributed by atoms with van der Waals surface area (Å²) >= 11 is 6.00. The molecule has 0 aliphatic carbocycles. The van der Waals surface area contributed by atoms with Crippen molar-refractivity contribution in [3.8, 4) is 6.07 Å². The second-order valence-electron chi connectivity index (χ2n) is 3.26. The number of rotatable bonds is 3. The van der Waals surface area contributed by atoms with Gasteiger partial charge in [0.05, 0.1) is 16.3 Å². The van der Waals surface area contributed by atoms with Crippen LogP contribution in [0, 0.1) is 18.3 Å². The van der Waals surface area contributed by atoms with E-state index in [1.807, 2.05) is 6.92 Å². The molecule has 0 saturated carbocycles. The van der Waals surface area contributed by atoms with Crippen molar-refractivity contribution in [1.29, 1.82) is 5.26 Å². The van der Waals surface area contributed by atoms with Gasteiger partial charge in [-0.2, -0.15) is 5.26 Å². The number of hydrogen-bond donors (Lipinski definition) is 0. The molecule has 0 aromatic carbocycles. The zero-order valence-corrected chi connectivity index (χ0v) is 9.23. The third-order valence-electron chi connectivity index (χ3n) is 2.22. The summed E-state index contributed by atoms with van der Waals surface area (Å²) in [5.74, 6) is 0. The number of unbranched alkanes of at least 4 members (excludes halogenated alkanes) is 1. The van der Waals surface area contributed by atoms with E-state index in [-0.39, 0.29) is 0 Å². The van der Waals surface area contributed by atoms with Crippen LogP contribution in [0.2, 0.25) is 5.02 Å². The molecule has 0 amide bonds. The number of halogens is 1. The SMILES string of the molecule is CCCCc1c(Cl)cnc(C)c1C#N. The Kier molecular flexibility index (Phi) is 3.91. The van der Waals surface area contributed by atoms with Crippen LogP contribution < -0.4 is 0 Å². The molecule has 1 heterocycles. The highest BCUT2D eigenvalue weighted by Gasteiger charge is 2.09. The molecule has 0 aliphatic rings. The predicted molar refractivity (Wildman–Crippen MR) is 57.3 cm³/mol. The van der Waals surface area contributed by atoms with Crippen LogP contribution in [0.25, 0.3) is 0 Å². The Bertz CT molecular complexity index is 366. The molecule has 0 saturated heterocycles. The van der Waals surface area contributed by atoms with Crippen molar-refractivity contribution >= 4 is 11.6 Å². The van der Waals surface area contributed by atoms with Crippen molar-refractivity contribution in [2.75, 3.05) is 0 Å². The van der Waals surface area contributed by atoms with Gasteiger partial charge in [0.25, 0.3) is 0 Å². The van der Waals surface area contributed by atoms with E-state index in [1.54, 1.807) is 6.20 Å². The summed E-state index contributed by atoms with van der Waals surface area (Å²) in [6.07, 6.45) is 4.64. The Morgan fingerprint density at radius 1 is 1.57 bits per heavy atom. The van der Waals surface area contributed by atoms with E-state index in [0.29, 0.717) is 10.6 Å². The van der Waals surface area contributed by atoms with Gasteiger partial charge in [0, 0.05) is 6.20 Å². The van der Waals surface area contributed by atoms with Crippen molar-refractivity contribution in [3.63, 3.8) is 0 Å². The second-order valence-corrected chi connectivity index (χ2v) is 3.67. The van der Waals surface area contributed by atoms with Crippen LogP contribution in [0.3, 0.4) is 0 Å². The summed E-state index contributed by atoms with van der Waals surface area (Å²) in [6, 6.07) is 2.17. The number of nitriles is 1. The lowest BCUT2D eigenvalue weighted by Crippen LogP contribution is -1.97. The Hall–Kier alpha value is -1.07. The summed E-state index contributed by atoms with van der Waals surface area (Å²) < 4.78 is 0. The molecule has 0 aliphatic heterocycles. The molecule has 0 atom stereocenters. The van der Waals surface area contributed by atoms with Gasteiger partial charge in [-0.25, -0.2) is 0 Å². The van der Waals surface area contributed by atoms with Gasteiger partial charge in [0.2, 0.25) is 0 Å². The molecule has 14 heavy (non-hydrogen) atoms. The van der Waals surface area contributed by atoms with Crippen molar-refractivity contribution in [2.45, 2.75) is 33.1 Å². The van der Waals surface area contributed by atoms with Crippen LogP contribution in [0.4, 0.5) is 0 Å². The average Bonchev–Trinajstić information content (AvgIpc) is 2.19. The van der Waals surface area contributed by atoms with E-state index in [9.17, 15) is 0 Å². The monoisotopic (exact) mass is 208 g/mol. The molecule has 0 unspecified atom stereocenters. The molecule has 0 fully saturated rings. The van der Waals surface area contributed by atoms with Crippen LogP contribution in [-0.2, 0) is 6.42 Å². The van der Waals surface area contributed by atoms with Gasteiger partial charge in [-0.15, -0.1) is 0 Å². The summed E-state index contributed by atoms with van der Waals surface area (Å²) in [6.45, 7) is 3.96. The van der Waals surface area contributed by atoms with Crippen molar-refractivity contribution in [1.82, 2.24) is 4.98 Å². The van der Waals surface area contributed by atoms with Gasteiger partial charge in [-0.05, 0) is 25.3 Å². The predicted octanol–water partition coefficient (Wildman–Crippen LogP) is 3.26. The van der Waals surface area contributed by atoms with E-state index in [0.717, 1.165) is 30.5 Å². The largest absolute Gasteiger partial charge is 0.259 e. The first-order valence-electron chi connectivity index (χ1n) is 4.74. The molecule has 1 aromatic heterocycles. The van der Waals surface area contributed by atoms with Gasteiger partial charge >= 0.3 is 0 Å². The molecule has 1 aromatic rings. The minimum atomic E-state index is 0.612. The van der Waals surface area contributed by atoms with E-state index >= 15 is 0 Å². The third kappa shape index (κ3) is 2.24. The minimum absolute atomic E-state index is 0.612. The van der Waals surface area contributed by atoms with Crippen molar-refractivity contribution < 1.29 is 0 Å². The normalized spacial score (nSPS) is 9.86. The van der Waals surface area contributed by atoms with Gasteiger partial charge in [-0.1, -0.05) is 24.9 Å². The number of hydrogen-bond acceptors (Lipinski definition) is 2. The molecular weight excluding hydrogens is 196 g/mol. The first kappa shape index (κ1) is 11.0. The van der Waals surface area contributed by atoms with Crippen molar-refractivity contribution in [3.05, 3.63) is 28.0 Å². The fourth-order valence-electron chi connectivity index (χ4n) is 1.38. The summed E-state index contributed by atoms with van der Waals surface area (Å²) in [5, 5.41) is 9.59. The zero-order chi connectivity index (χ0) is 10.6. The maximum absolute atomic E-state index is 8.97. The lowest BCUT2D eigenvalue weighted by atomic mass is 10.0. The Balaban J connectivity index is 3.11. The van der Waals surface area contributed by atoms with Crippen LogP contribution in [0.1, 0.15) is 36.6 Å². The molecule has 0 spiro atoms. The van der Waals surface area contributed by atoms with Crippen LogP contribution in [0.15, 0.2) is 6.20 Å². The molecule has 1 rings (SSSR count). The lowest BCUT2D eigenvalue weighted by Gasteiger charge is -2.07. The van der Waals surface area contributed by atoms with Gasteiger partial charge in [0.1, 0.15) is 6.07 Å². The van der Waals surface area contributed by atoms with Crippen LogP contribution in [-0.4, -0.2) is 4.98 Å². The Morgan fingerprint density at radius 2 is 2.29 bits per heavy atom. The maximum atomic E-state index is 8.97. The third-order valence-corrected chi connectivity index (χ3v) is 2.54. The smallest absolute Gasteiger partial charge is 0.101 e. The fraction of sp³-hybridized carbons (Fsp3) is 0.455. The lowest BCUT2D eigenvalue weighted by molar-refractivity contribution is 0.791. The second kappa shape index (κ2) is 4.97. The molecule has 74 valence electrons. The van der Waals surface area contributed by atoms with Gasteiger partial charge < -0.3 is 0 Å². The first-order chi connectivity index (χ1) is 6.70. The summed E-state index contributed by atoms with van der Waals surface area (Å²) in [4.78, 5) is 4.06. The van der Waals surface area contributed by atoms with Crippen LogP contribution >= 0.6 is 11.6 Å². The summed E-state index contributed by atoms with van der Waals surface area (Å²) in [7, 11) is 0. The highest BCUT2D eigenvalue weighted by atomic mass is 35.5. The van der Waals surface area contributed by atoms with Crippen LogP contribution in [0.5, 0.6) is 0 Å². The van der Waals surface area contributed by atoms with Crippen molar-refractivity contribution in [2.24, 2.45) is 0 Å². The topological polar surface area (TPSA) is 36.7 Å². The fourth-order valence-corrected chi connectivity index (χ4v) is 1.62. The molecule has 0 bridgehead atoms. The highest BCUT2D eigenvalue weighted by Crippen LogP contribution is 2.22. The maximum Gasteiger partial charge on any atom is 0.101 e. The number of pyridine rings is 1. The Labute approximate surface area is 89.5 Å². The molecular formula is C11H13ClN2. The quantitative estimate of drug-likeness (QED) is 0.765. The standard InChI is InChI=1S/C11H13ClN2/c1-3-4-5-9-10(6-13)8(2)14-7-11(9)12/h7H,3-5H2,1-2H3. The Morgan fingerprint density at radius 3 is 2.86 bits per heavy atom. The minimum Gasteiger partial charge on any atom is -0.259 e. The van der Waals surface area contributed by atoms with Gasteiger partial charge in [0.15, 0.2) is 0 Å². The molecule has 2 nitrogen and oxygen atoms in total. The number of nitrogens with zero attached hydrogens (tertiary/aromatic N) is 2. The molecule has 3 heteroatoms.